The maximum Gasteiger partial charge on any atom is 0.225 e. The van der Waals surface area contributed by atoms with Crippen molar-refractivity contribution >= 4 is 28.7 Å². The molecule has 1 aromatic carbocycles. The minimum absolute atomic E-state index is 0.225. The van der Waals surface area contributed by atoms with Crippen LogP contribution >= 0.6 is 0 Å². The first-order chi connectivity index (χ1) is 18.1. The second-order valence-corrected chi connectivity index (χ2v) is 9.67. The smallest absolute Gasteiger partial charge is 0.225 e. The van der Waals surface area contributed by atoms with Crippen LogP contribution in [0.15, 0.2) is 49.1 Å². The Morgan fingerprint density at radius 2 is 1.97 bits per heavy atom. The van der Waals surface area contributed by atoms with Crippen molar-refractivity contribution in [3.8, 4) is 17.0 Å². The zero-order valence-corrected chi connectivity index (χ0v) is 21.0. The number of anilines is 2. The van der Waals surface area contributed by atoms with E-state index in [-0.39, 0.29) is 12.0 Å². The largest absolute Gasteiger partial charge is 0.493 e. The summed E-state index contributed by atoms with van der Waals surface area (Å²) in [6, 6.07) is 10.3. The van der Waals surface area contributed by atoms with Crippen LogP contribution in [0, 0.1) is 5.92 Å². The molecule has 10 nitrogen and oxygen atoms in total. The number of fused-ring (bicyclic) bond motifs is 1. The van der Waals surface area contributed by atoms with Crippen molar-refractivity contribution in [2.24, 2.45) is 5.92 Å². The first-order valence-corrected chi connectivity index (χ1v) is 12.7. The third-order valence-corrected chi connectivity index (χ3v) is 7.27. The van der Waals surface area contributed by atoms with E-state index < -0.39 is 0 Å². The molecule has 3 aromatic heterocycles. The van der Waals surface area contributed by atoms with E-state index in [0.29, 0.717) is 17.6 Å². The van der Waals surface area contributed by atoms with Crippen molar-refractivity contribution < 1.29 is 9.53 Å². The Labute approximate surface area is 215 Å². The van der Waals surface area contributed by atoms with Gasteiger partial charge in [-0.1, -0.05) is 6.07 Å². The predicted molar refractivity (Wildman–Crippen MR) is 140 cm³/mol. The van der Waals surface area contributed by atoms with Crippen molar-refractivity contribution in [3.63, 3.8) is 0 Å². The van der Waals surface area contributed by atoms with Crippen molar-refractivity contribution in [3.05, 3.63) is 54.6 Å². The minimum Gasteiger partial charge on any atom is -0.493 e. The lowest BCUT2D eigenvalue weighted by Crippen LogP contribution is -2.49. The van der Waals surface area contributed by atoms with E-state index in [1.807, 2.05) is 29.3 Å². The second-order valence-electron chi connectivity index (χ2n) is 9.67. The molecule has 1 saturated heterocycles. The van der Waals surface area contributed by atoms with E-state index in [0.717, 1.165) is 67.1 Å². The van der Waals surface area contributed by atoms with Crippen LogP contribution in [-0.4, -0.2) is 73.9 Å². The maximum absolute atomic E-state index is 12.4. The number of carbonyl (C=O) groups excluding carboxylic acids is 1. The maximum atomic E-state index is 12.4. The highest BCUT2D eigenvalue weighted by Crippen LogP contribution is 2.32. The molecule has 1 aliphatic carbocycles. The number of benzene rings is 1. The van der Waals surface area contributed by atoms with Crippen molar-refractivity contribution in [1.29, 1.82) is 0 Å². The van der Waals surface area contributed by atoms with Crippen LogP contribution < -0.4 is 10.1 Å². The molecule has 6 rings (SSSR count). The average molecular weight is 499 g/mol. The Kier molecular flexibility index (Phi) is 6.17. The number of nitrogens with zero attached hydrogens (tertiary/aromatic N) is 6. The number of rotatable bonds is 7. The summed E-state index contributed by atoms with van der Waals surface area (Å²) in [6.45, 7) is 5.58. The summed E-state index contributed by atoms with van der Waals surface area (Å²) in [5, 5.41) is 3.32. The van der Waals surface area contributed by atoms with E-state index in [9.17, 15) is 4.79 Å². The molecule has 1 atom stereocenters. The van der Waals surface area contributed by atoms with Crippen molar-refractivity contribution in [1.82, 2.24) is 34.7 Å². The van der Waals surface area contributed by atoms with Gasteiger partial charge in [0.15, 0.2) is 5.75 Å². The summed E-state index contributed by atoms with van der Waals surface area (Å²) in [4.78, 5) is 37.8. The number of H-pyrrole nitrogens is 1. The van der Waals surface area contributed by atoms with Crippen molar-refractivity contribution in [2.45, 2.75) is 25.8 Å². The summed E-state index contributed by atoms with van der Waals surface area (Å²) in [5.41, 5.74) is 4.53. The number of pyridine rings is 1. The molecule has 0 spiro atoms. The van der Waals surface area contributed by atoms with E-state index in [1.165, 1.54) is 11.9 Å². The summed E-state index contributed by atoms with van der Waals surface area (Å²) in [6.07, 6.45) is 7.11. The van der Waals surface area contributed by atoms with Gasteiger partial charge in [-0.05, 0) is 49.6 Å². The lowest BCUT2D eigenvalue weighted by Gasteiger charge is -2.38. The van der Waals surface area contributed by atoms with Crippen LogP contribution in [-0.2, 0) is 4.79 Å². The van der Waals surface area contributed by atoms with Gasteiger partial charge in [-0.15, -0.1) is 0 Å². The Balaban J connectivity index is 1.15. The molecule has 0 radical (unpaired) electrons. The van der Waals surface area contributed by atoms with Gasteiger partial charge in [-0.25, -0.2) is 19.9 Å². The van der Waals surface area contributed by atoms with Gasteiger partial charge in [0.2, 0.25) is 11.9 Å². The standard InChI is InChI=1S/C27H30N8O2/c1-17(34-9-11-35(12-10-34)26(36)18-3-4-18)19-7-8-29-24(14-19)33-27-31-21-6-5-20(13-22(21)32-27)25-23(37-2)15-28-16-30-25/h5-8,13-18H,3-4,9-12H2,1-2H3,(H2,29,31,32,33)/t17-/m1/s1. The van der Waals surface area contributed by atoms with Gasteiger partial charge in [-0.2, -0.15) is 0 Å². The Morgan fingerprint density at radius 1 is 1.14 bits per heavy atom. The number of aromatic nitrogens is 5. The fourth-order valence-corrected chi connectivity index (χ4v) is 4.92. The number of piperazine rings is 1. The number of ether oxygens (including phenoxy) is 1. The average Bonchev–Trinajstić information content (AvgIpc) is 3.72. The highest BCUT2D eigenvalue weighted by atomic mass is 16.5. The monoisotopic (exact) mass is 498 g/mol. The van der Waals surface area contributed by atoms with E-state index >= 15 is 0 Å². The first kappa shape index (κ1) is 23.4. The molecule has 0 bridgehead atoms. The number of amides is 1. The van der Waals surface area contributed by atoms with Gasteiger partial charge in [0, 0.05) is 49.9 Å². The molecule has 37 heavy (non-hydrogen) atoms. The fourth-order valence-electron chi connectivity index (χ4n) is 4.92. The summed E-state index contributed by atoms with van der Waals surface area (Å²) in [7, 11) is 1.61. The van der Waals surface area contributed by atoms with Gasteiger partial charge < -0.3 is 19.9 Å². The lowest BCUT2D eigenvalue weighted by molar-refractivity contribution is -0.134. The number of nitrogens with one attached hydrogen (secondary N) is 2. The molecular weight excluding hydrogens is 468 g/mol. The van der Waals surface area contributed by atoms with Crippen LogP contribution in [0.2, 0.25) is 0 Å². The van der Waals surface area contributed by atoms with Gasteiger partial charge in [0.05, 0.1) is 24.3 Å². The molecule has 2 fully saturated rings. The lowest BCUT2D eigenvalue weighted by atomic mass is 10.1. The van der Waals surface area contributed by atoms with E-state index in [4.69, 9.17) is 4.74 Å². The van der Waals surface area contributed by atoms with Gasteiger partial charge in [0.1, 0.15) is 17.8 Å². The number of carbonyl (C=O) groups is 1. The van der Waals surface area contributed by atoms with E-state index in [2.05, 4.69) is 54.2 Å². The second kappa shape index (κ2) is 9.78. The molecule has 4 aromatic rings. The molecule has 1 aliphatic heterocycles. The van der Waals surface area contributed by atoms with Gasteiger partial charge in [0.25, 0.3) is 0 Å². The molecule has 1 amide bonds. The normalized spacial score (nSPS) is 17.1. The van der Waals surface area contributed by atoms with Crippen LogP contribution in [0.1, 0.15) is 31.4 Å². The Bertz CT molecular complexity index is 1420. The van der Waals surface area contributed by atoms with Gasteiger partial charge in [-0.3, -0.25) is 9.69 Å². The van der Waals surface area contributed by atoms with Crippen LogP contribution in [0.3, 0.4) is 0 Å². The van der Waals surface area contributed by atoms with Crippen LogP contribution in [0.5, 0.6) is 5.75 Å². The highest BCUT2D eigenvalue weighted by Gasteiger charge is 2.35. The van der Waals surface area contributed by atoms with Crippen molar-refractivity contribution in [2.75, 3.05) is 38.6 Å². The predicted octanol–water partition coefficient (Wildman–Crippen LogP) is 3.78. The molecule has 10 heteroatoms. The summed E-state index contributed by atoms with van der Waals surface area (Å²) >= 11 is 0. The van der Waals surface area contributed by atoms with Crippen LogP contribution in [0.4, 0.5) is 11.8 Å². The summed E-state index contributed by atoms with van der Waals surface area (Å²) < 4.78 is 5.41. The molecule has 2 aliphatic rings. The third-order valence-electron chi connectivity index (χ3n) is 7.27. The zero-order valence-electron chi connectivity index (χ0n) is 21.0. The molecule has 1 saturated carbocycles. The Hall–Kier alpha value is -4.05. The topological polar surface area (TPSA) is 112 Å². The van der Waals surface area contributed by atoms with Gasteiger partial charge >= 0.3 is 0 Å². The molecule has 190 valence electrons. The van der Waals surface area contributed by atoms with E-state index in [1.54, 1.807) is 13.3 Å². The molecular formula is C27H30N8O2. The number of methoxy groups -OCH3 is 1. The number of imidazole rings is 1. The SMILES string of the molecule is COc1cncnc1-c1ccc2nc(Nc3cc([C@@H](C)N4CCN(C(=O)C5CC5)CC4)ccn3)[nH]c2c1. The number of hydrogen-bond donors (Lipinski definition) is 2. The quantitative estimate of drug-likeness (QED) is 0.396. The third kappa shape index (κ3) is 4.84. The van der Waals surface area contributed by atoms with Crippen LogP contribution in [0.25, 0.3) is 22.3 Å². The fraction of sp³-hybridized carbons (Fsp3) is 0.370. The highest BCUT2D eigenvalue weighted by molar-refractivity contribution is 5.84. The molecule has 4 heterocycles. The number of hydrogen-bond acceptors (Lipinski definition) is 8. The zero-order chi connectivity index (χ0) is 25.4. The Morgan fingerprint density at radius 3 is 2.76 bits per heavy atom. The molecule has 2 N–H and O–H groups in total. The number of aromatic amines is 1. The summed E-state index contributed by atoms with van der Waals surface area (Å²) in [5.74, 6) is 2.59. The minimum atomic E-state index is 0.225. The first-order valence-electron chi connectivity index (χ1n) is 12.7. The molecule has 0 unspecified atom stereocenters.